The number of ether oxygens (including phenoxy) is 2. The fourth-order valence-corrected chi connectivity index (χ4v) is 2.68. The predicted octanol–water partition coefficient (Wildman–Crippen LogP) is 4.12. The number of halogens is 1. The van der Waals surface area contributed by atoms with Crippen molar-refractivity contribution in [3.8, 4) is 11.5 Å². The second-order valence-electron chi connectivity index (χ2n) is 4.94. The number of hydrogen-bond donors (Lipinski definition) is 2. The molecule has 0 saturated carbocycles. The van der Waals surface area contributed by atoms with Crippen LogP contribution >= 0.6 is 23.8 Å². The lowest BCUT2D eigenvalue weighted by Crippen LogP contribution is -2.30. The van der Waals surface area contributed by atoms with Gasteiger partial charge in [0.2, 0.25) is 6.79 Å². The molecule has 114 valence electrons. The summed E-state index contributed by atoms with van der Waals surface area (Å²) in [5, 5.41) is 7.55. The summed E-state index contributed by atoms with van der Waals surface area (Å²) in [4.78, 5) is 0. The van der Waals surface area contributed by atoms with Crippen molar-refractivity contribution < 1.29 is 9.47 Å². The van der Waals surface area contributed by atoms with E-state index in [0.29, 0.717) is 10.1 Å². The Kier molecular flexibility index (Phi) is 4.36. The summed E-state index contributed by atoms with van der Waals surface area (Å²) in [7, 11) is 0. The van der Waals surface area contributed by atoms with Gasteiger partial charge in [-0.3, -0.25) is 0 Å². The lowest BCUT2D eigenvalue weighted by Gasteiger charge is -2.17. The third-order valence-electron chi connectivity index (χ3n) is 3.33. The molecule has 4 nitrogen and oxygen atoms in total. The van der Waals surface area contributed by atoms with Crippen LogP contribution in [-0.2, 0) is 0 Å². The number of benzene rings is 2. The van der Waals surface area contributed by atoms with Gasteiger partial charge in [0.15, 0.2) is 16.6 Å². The van der Waals surface area contributed by atoms with E-state index in [1.165, 1.54) is 0 Å². The quantitative estimate of drug-likeness (QED) is 0.827. The Morgan fingerprint density at radius 3 is 2.82 bits per heavy atom. The topological polar surface area (TPSA) is 42.5 Å². The molecule has 1 heterocycles. The number of nitrogens with one attached hydrogen (secondary N) is 2. The molecular formula is C16H15ClN2O2S. The van der Waals surface area contributed by atoms with Crippen molar-refractivity contribution in [3.63, 3.8) is 0 Å². The summed E-state index contributed by atoms with van der Waals surface area (Å²) in [6.07, 6.45) is 0. The smallest absolute Gasteiger partial charge is 0.231 e. The van der Waals surface area contributed by atoms with Gasteiger partial charge < -0.3 is 20.1 Å². The first-order chi connectivity index (χ1) is 10.6. The summed E-state index contributed by atoms with van der Waals surface area (Å²) in [5.74, 6) is 1.54. The van der Waals surface area contributed by atoms with Crippen molar-refractivity contribution in [1.82, 2.24) is 5.32 Å². The second-order valence-corrected chi connectivity index (χ2v) is 5.79. The molecule has 0 aromatic heterocycles. The molecular weight excluding hydrogens is 320 g/mol. The largest absolute Gasteiger partial charge is 0.454 e. The van der Waals surface area contributed by atoms with E-state index in [9.17, 15) is 0 Å². The minimum absolute atomic E-state index is 0.0358. The van der Waals surface area contributed by atoms with Gasteiger partial charge in [0, 0.05) is 10.7 Å². The minimum Gasteiger partial charge on any atom is -0.454 e. The Hall–Kier alpha value is -1.98. The van der Waals surface area contributed by atoms with Crippen molar-refractivity contribution >= 4 is 34.6 Å². The Morgan fingerprint density at radius 2 is 2.00 bits per heavy atom. The number of thiocarbonyl (C=S) groups is 1. The maximum absolute atomic E-state index is 5.95. The second kappa shape index (κ2) is 6.42. The fourth-order valence-electron chi connectivity index (χ4n) is 2.20. The zero-order chi connectivity index (χ0) is 15.5. The summed E-state index contributed by atoms with van der Waals surface area (Å²) in [6, 6.07) is 13.3. The van der Waals surface area contributed by atoms with Crippen molar-refractivity contribution in [3.05, 3.63) is 53.1 Å². The van der Waals surface area contributed by atoms with E-state index >= 15 is 0 Å². The number of rotatable bonds is 3. The zero-order valence-corrected chi connectivity index (χ0v) is 13.5. The molecule has 2 aromatic rings. The highest BCUT2D eigenvalue weighted by atomic mass is 35.5. The highest BCUT2D eigenvalue weighted by molar-refractivity contribution is 7.80. The van der Waals surface area contributed by atoms with Crippen molar-refractivity contribution in [2.75, 3.05) is 12.1 Å². The van der Waals surface area contributed by atoms with E-state index in [-0.39, 0.29) is 12.8 Å². The van der Waals surface area contributed by atoms with Crippen LogP contribution in [0.3, 0.4) is 0 Å². The number of anilines is 1. The van der Waals surface area contributed by atoms with E-state index in [1.54, 1.807) is 0 Å². The molecule has 2 aromatic carbocycles. The molecule has 0 amide bonds. The van der Waals surface area contributed by atoms with Crippen molar-refractivity contribution in [2.24, 2.45) is 0 Å². The molecule has 0 spiro atoms. The van der Waals surface area contributed by atoms with E-state index in [2.05, 4.69) is 10.6 Å². The predicted molar refractivity (Wildman–Crippen MR) is 91.8 cm³/mol. The van der Waals surface area contributed by atoms with Crippen LogP contribution in [0.15, 0.2) is 42.5 Å². The van der Waals surface area contributed by atoms with Crippen LogP contribution in [0.25, 0.3) is 0 Å². The molecule has 0 fully saturated rings. The van der Waals surface area contributed by atoms with Gasteiger partial charge in [0.25, 0.3) is 0 Å². The molecule has 1 aliphatic heterocycles. The average molecular weight is 335 g/mol. The molecule has 1 atom stereocenters. The van der Waals surface area contributed by atoms with Crippen LogP contribution in [0, 0.1) is 0 Å². The summed E-state index contributed by atoms with van der Waals surface area (Å²) in [6.45, 7) is 2.30. The van der Waals surface area contributed by atoms with Gasteiger partial charge in [-0.2, -0.15) is 0 Å². The van der Waals surface area contributed by atoms with Gasteiger partial charge in [0.1, 0.15) is 0 Å². The van der Waals surface area contributed by atoms with Crippen LogP contribution in [0.1, 0.15) is 18.5 Å². The van der Waals surface area contributed by atoms with Crippen LogP contribution in [0.4, 0.5) is 5.69 Å². The standard InChI is InChI=1S/C16H15ClN2O2S/c1-10(11-5-6-14-15(7-11)21-9-20-14)18-16(22)19-13-4-2-3-12(17)8-13/h2-8,10H,9H2,1H3,(H2,18,19,22)/t10-/m1/s1. The Labute approximate surface area is 139 Å². The molecule has 0 bridgehead atoms. The summed E-state index contributed by atoms with van der Waals surface area (Å²) >= 11 is 11.3. The minimum atomic E-state index is 0.0358. The van der Waals surface area contributed by atoms with Gasteiger partial charge in [-0.1, -0.05) is 23.7 Å². The first kappa shape index (κ1) is 14.9. The highest BCUT2D eigenvalue weighted by Crippen LogP contribution is 2.34. The van der Waals surface area contributed by atoms with Gasteiger partial charge in [-0.05, 0) is 55.0 Å². The molecule has 0 aliphatic carbocycles. The lowest BCUT2D eigenvalue weighted by molar-refractivity contribution is 0.174. The van der Waals surface area contributed by atoms with Gasteiger partial charge in [-0.25, -0.2) is 0 Å². The maximum Gasteiger partial charge on any atom is 0.231 e. The number of fused-ring (bicyclic) bond motifs is 1. The third kappa shape index (κ3) is 3.43. The van der Waals surface area contributed by atoms with Crippen LogP contribution in [0.5, 0.6) is 11.5 Å². The molecule has 0 saturated heterocycles. The SMILES string of the molecule is C[C@@H](NC(=S)Nc1cccc(Cl)c1)c1ccc2c(c1)OCO2. The summed E-state index contributed by atoms with van der Waals surface area (Å²) < 4.78 is 10.7. The Balaban J connectivity index is 1.63. The fraction of sp³-hybridized carbons (Fsp3) is 0.188. The van der Waals surface area contributed by atoms with Crippen LogP contribution in [0.2, 0.25) is 5.02 Å². The molecule has 6 heteroatoms. The molecule has 0 unspecified atom stereocenters. The highest BCUT2D eigenvalue weighted by Gasteiger charge is 2.16. The first-order valence-electron chi connectivity index (χ1n) is 6.84. The van der Waals surface area contributed by atoms with Crippen molar-refractivity contribution in [2.45, 2.75) is 13.0 Å². The van der Waals surface area contributed by atoms with E-state index in [0.717, 1.165) is 22.7 Å². The number of hydrogen-bond acceptors (Lipinski definition) is 3. The Morgan fingerprint density at radius 1 is 1.18 bits per heavy atom. The molecule has 3 rings (SSSR count). The Bertz CT molecular complexity index is 708. The van der Waals surface area contributed by atoms with E-state index in [1.807, 2.05) is 49.4 Å². The van der Waals surface area contributed by atoms with Gasteiger partial charge in [0.05, 0.1) is 6.04 Å². The molecule has 0 radical (unpaired) electrons. The van der Waals surface area contributed by atoms with Crippen molar-refractivity contribution in [1.29, 1.82) is 0 Å². The first-order valence-corrected chi connectivity index (χ1v) is 7.63. The van der Waals surface area contributed by atoms with Gasteiger partial charge >= 0.3 is 0 Å². The molecule has 2 N–H and O–H groups in total. The summed E-state index contributed by atoms with van der Waals surface area (Å²) in [5.41, 5.74) is 1.92. The van der Waals surface area contributed by atoms with Gasteiger partial charge in [-0.15, -0.1) is 0 Å². The average Bonchev–Trinajstić information content (AvgIpc) is 2.94. The normalized spacial score (nSPS) is 13.5. The third-order valence-corrected chi connectivity index (χ3v) is 3.78. The zero-order valence-electron chi connectivity index (χ0n) is 11.9. The maximum atomic E-state index is 5.95. The molecule has 22 heavy (non-hydrogen) atoms. The lowest BCUT2D eigenvalue weighted by atomic mass is 10.1. The van der Waals surface area contributed by atoms with E-state index < -0.39 is 0 Å². The van der Waals surface area contributed by atoms with E-state index in [4.69, 9.17) is 33.3 Å². The van der Waals surface area contributed by atoms with Crippen LogP contribution in [-0.4, -0.2) is 11.9 Å². The van der Waals surface area contributed by atoms with Crippen LogP contribution < -0.4 is 20.1 Å². The monoisotopic (exact) mass is 334 g/mol. The molecule has 1 aliphatic rings.